The smallest absolute Gasteiger partial charge is 0.407 e. The molecule has 0 bridgehead atoms. The number of carboxylic acids is 1. The Bertz CT molecular complexity index is 468. The van der Waals surface area contributed by atoms with Crippen molar-refractivity contribution in [3.05, 3.63) is 35.9 Å². The van der Waals surface area contributed by atoms with E-state index in [-0.39, 0.29) is 13.0 Å². The highest BCUT2D eigenvalue weighted by atomic mass is 16.5. The predicted molar refractivity (Wildman–Crippen MR) is 78.7 cm³/mol. The maximum absolute atomic E-state index is 11.8. The maximum Gasteiger partial charge on any atom is 0.407 e. The van der Waals surface area contributed by atoms with Crippen LogP contribution in [0, 0.1) is 0 Å². The lowest BCUT2D eigenvalue weighted by Crippen LogP contribution is -2.49. The molecule has 0 aliphatic carbocycles. The number of carbonyl (C=O) groups excluding carboxylic acids is 1. The number of rotatable bonds is 7. The third-order valence-electron chi connectivity index (χ3n) is 2.72. The third kappa shape index (κ3) is 7.94. The molecule has 6 heteroatoms. The van der Waals surface area contributed by atoms with Crippen LogP contribution in [0.4, 0.5) is 4.79 Å². The lowest BCUT2D eigenvalue weighted by molar-refractivity contribution is -0.871. The van der Waals surface area contributed by atoms with Crippen molar-refractivity contribution in [2.75, 3.05) is 27.7 Å². The molecule has 0 saturated carbocycles. The first kappa shape index (κ1) is 17.0. The molecule has 21 heavy (non-hydrogen) atoms. The van der Waals surface area contributed by atoms with Gasteiger partial charge < -0.3 is 19.6 Å². The van der Waals surface area contributed by atoms with E-state index in [9.17, 15) is 9.59 Å². The maximum atomic E-state index is 11.8. The van der Waals surface area contributed by atoms with Gasteiger partial charge in [0, 0.05) is 0 Å². The second-order valence-corrected chi connectivity index (χ2v) is 5.97. The number of likely N-dealkylation sites (N-methyl/N-ethyl adjacent to an activating group) is 1. The van der Waals surface area contributed by atoms with Crippen LogP contribution < -0.4 is 5.32 Å². The van der Waals surface area contributed by atoms with Crippen LogP contribution in [-0.4, -0.2) is 55.4 Å². The van der Waals surface area contributed by atoms with Crippen LogP contribution in [-0.2, 0) is 16.1 Å². The fraction of sp³-hybridized carbons (Fsp3) is 0.467. The van der Waals surface area contributed by atoms with Crippen LogP contribution >= 0.6 is 0 Å². The molecule has 0 saturated heterocycles. The van der Waals surface area contributed by atoms with Crippen LogP contribution in [0.2, 0.25) is 0 Å². The molecule has 0 unspecified atom stereocenters. The molecule has 1 rings (SSSR count). The predicted octanol–water partition coefficient (Wildman–Crippen LogP) is 1.46. The standard InChI is InChI=1S/C15H22N2O4/c1-17(2,3)10-13(9-14(18)19)16-15(20)21-11-12-7-5-4-6-8-12/h4-8,13H,9-11H2,1-3H3,(H-,16,18,19,20)/p+1/t13-/m1/s1. The van der Waals surface area contributed by atoms with Gasteiger partial charge >= 0.3 is 12.1 Å². The lowest BCUT2D eigenvalue weighted by atomic mass is 10.2. The van der Waals surface area contributed by atoms with Gasteiger partial charge in [-0.2, -0.15) is 0 Å². The van der Waals surface area contributed by atoms with Gasteiger partial charge in [-0.3, -0.25) is 4.79 Å². The first-order chi connectivity index (χ1) is 9.76. The molecular formula is C15H23N2O4+. The van der Waals surface area contributed by atoms with Crippen molar-refractivity contribution in [3.8, 4) is 0 Å². The van der Waals surface area contributed by atoms with Gasteiger partial charge in [-0.25, -0.2) is 4.79 Å². The van der Waals surface area contributed by atoms with Crippen molar-refractivity contribution in [3.63, 3.8) is 0 Å². The summed E-state index contributed by atoms with van der Waals surface area (Å²) in [5.74, 6) is -0.947. The van der Waals surface area contributed by atoms with E-state index in [1.165, 1.54) is 0 Å². The van der Waals surface area contributed by atoms with E-state index in [0.29, 0.717) is 11.0 Å². The highest BCUT2D eigenvalue weighted by Gasteiger charge is 2.23. The van der Waals surface area contributed by atoms with Gasteiger partial charge in [0.2, 0.25) is 0 Å². The van der Waals surface area contributed by atoms with Crippen LogP contribution in [0.1, 0.15) is 12.0 Å². The van der Waals surface area contributed by atoms with Gasteiger partial charge in [-0.1, -0.05) is 30.3 Å². The van der Waals surface area contributed by atoms with Gasteiger partial charge in [0.05, 0.1) is 40.2 Å². The zero-order valence-corrected chi connectivity index (χ0v) is 12.7. The molecule has 0 aromatic heterocycles. The molecule has 116 valence electrons. The minimum absolute atomic E-state index is 0.129. The second-order valence-electron chi connectivity index (χ2n) is 5.97. The molecule has 1 aromatic carbocycles. The van der Waals surface area contributed by atoms with Crippen molar-refractivity contribution in [1.29, 1.82) is 0 Å². The minimum atomic E-state index is -0.947. The number of carbonyl (C=O) groups is 2. The number of carboxylic acid groups (broad SMARTS) is 1. The molecular weight excluding hydrogens is 272 g/mol. The number of nitrogens with one attached hydrogen (secondary N) is 1. The SMILES string of the molecule is C[N+](C)(C)C[C@@H](CC(=O)O)NC(=O)OCc1ccccc1. The molecule has 0 aliphatic rings. The fourth-order valence-electron chi connectivity index (χ4n) is 1.96. The number of hydrogen-bond donors (Lipinski definition) is 2. The summed E-state index contributed by atoms with van der Waals surface area (Å²) in [6.45, 7) is 0.670. The number of nitrogens with zero attached hydrogens (tertiary/aromatic N) is 1. The quantitative estimate of drug-likeness (QED) is 0.747. The van der Waals surface area contributed by atoms with E-state index in [0.717, 1.165) is 5.56 Å². The van der Waals surface area contributed by atoms with Gasteiger partial charge in [-0.15, -0.1) is 0 Å². The zero-order valence-electron chi connectivity index (χ0n) is 12.7. The van der Waals surface area contributed by atoms with E-state index >= 15 is 0 Å². The van der Waals surface area contributed by atoms with E-state index in [2.05, 4.69) is 5.32 Å². The lowest BCUT2D eigenvalue weighted by Gasteiger charge is -2.28. The molecule has 1 aromatic rings. The Morgan fingerprint density at radius 1 is 1.24 bits per heavy atom. The molecule has 0 aliphatic heterocycles. The number of ether oxygens (including phenoxy) is 1. The van der Waals surface area contributed by atoms with Crippen LogP contribution in [0.15, 0.2) is 30.3 Å². The Kier molecular flexibility index (Phi) is 6.17. The Hall–Kier alpha value is -2.08. The molecule has 1 atom stereocenters. The third-order valence-corrected chi connectivity index (χ3v) is 2.72. The summed E-state index contributed by atoms with van der Waals surface area (Å²) in [6, 6.07) is 8.85. The Morgan fingerprint density at radius 2 is 1.86 bits per heavy atom. The number of amides is 1. The van der Waals surface area contributed by atoms with Gasteiger partial charge in [-0.05, 0) is 5.56 Å². The second kappa shape index (κ2) is 7.64. The van der Waals surface area contributed by atoms with Crippen molar-refractivity contribution in [1.82, 2.24) is 5.32 Å². The zero-order chi connectivity index (χ0) is 15.9. The van der Waals surface area contributed by atoms with Crippen LogP contribution in [0.3, 0.4) is 0 Å². The van der Waals surface area contributed by atoms with Gasteiger partial charge in [0.15, 0.2) is 0 Å². The van der Waals surface area contributed by atoms with E-state index in [4.69, 9.17) is 9.84 Å². The largest absolute Gasteiger partial charge is 0.481 e. The summed E-state index contributed by atoms with van der Waals surface area (Å²) < 4.78 is 5.66. The first-order valence-corrected chi connectivity index (χ1v) is 6.76. The minimum Gasteiger partial charge on any atom is -0.481 e. The summed E-state index contributed by atoms with van der Waals surface area (Å²) in [4.78, 5) is 22.6. The molecule has 0 radical (unpaired) electrons. The summed E-state index contributed by atoms with van der Waals surface area (Å²) in [7, 11) is 5.81. The van der Waals surface area contributed by atoms with Crippen LogP contribution in [0.25, 0.3) is 0 Å². The Labute approximate surface area is 124 Å². The Morgan fingerprint density at radius 3 is 2.38 bits per heavy atom. The van der Waals surface area contributed by atoms with Crippen LogP contribution in [0.5, 0.6) is 0 Å². The summed E-state index contributed by atoms with van der Waals surface area (Å²) >= 11 is 0. The molecule has 6 nitrogen and oxygen atoms in total. The number of alkyl carbamates (subject to hydrolysis) is 1. The van der Waals surface area contributed by atoms with E-state index < -0.39 is 18.1 Å². The normalized spacial score (nSPS) is 12.5. The van der Waals surface area contributed by atoms with Gasteiger partial charge in [0.1, 0.15) is 6.61 Å². The number of hydrogen-bond acceptors (Lipinski definition) is 3. The summed E-state index contributed by atoms with van der Waals surface area (Å²) in [6.07, 6.45) is -0.728. The van der Waals surface area contributed by atoms with Gasteiger partial charge in [0.25, 0.3) is 0 Å². The summed E-state index contributed by atoms with van der Waals surface area (Å²) in [5.41, 5.74) is 0.883. The topological polar surface area (TPSA) is 75.6 Å². The first-order valence-electron chi connectivity index (χ1n) is 6.76. The summed E-state index contributed by atoms with van der Waals surface area (Å²) in [5, 5.41) is 11.5. The fourth-order valence-corrected chi connectivity index (χ4v) is 1.96. The monoisotopic (exact) mass is 295 g/mol. The van der Waals surface area contributed by atoms with Crippen molar-refractivity contribution in [2.45, 2.75) is 19.1 Å². The molecule has 2 N–H and O–H groups in total. The molecule has 0 fully saturated rings. The van der Waals surface area contributed by atoms with Crippen molar-refractivity contribution >= 4 is 12.1 Å². The number of quaternary nitrogens is 1. The van der Waals surface area contributed by atoms with Crippen molar-refractivity contribution in [2.24, 2.45) is 0 Å². The molecule has 0 spiro atoms. The molecule has 1 amide bonds. The Balaban J connectivity index is 2.49. The highest BCUT2D eigenvalue weighted by Crippen LogP contribution is 2.03. The highest BCUT2D eigenvalue weighted by molar-refractivity contribution is 5.71. The average molecular weight is 295 g/mol. The van der Waals surface area contributed by atoms with Crippen molar-refractivity contribution < 1.29 is 23.9 Å². The average Bonchev–Trinajstić information content (AvgIpc) is 2.34. The number of aliphatic carboxylic acids is 1. The van der Waals surface area contributed by atoms with E-state index in [1.54, 1.807) is 0 Å². The number of benzene rings is 1. The van der Waals surface area contributed by atoms with E-state index in [1.807, 2.05) is 51.5 Å². The molecule has 0 heterocycles.